The first-order valence-electron chi connectivity index (χ1n) is 9.67. The molecule has 0 heterocycles. The molecule has 2 aromatic carbocycles. The van der Waals surface area contributed by atoms with Crippen LogP contribution in [0.25, 0.3) is 0 Å². The molecule has 0 amide bonds. The first kappa shape index (κ1) is 19.1. The predicted octanol–water partition coefficient (Wildman–Crippen LogP) is 3.48. The van der Waals surface area contributed by atoms with Crippen molar-refractivity contribution in [2.75, 3.05) is 20.2 Å². The lowest BCUT2D eigenvalue weighted by atomic mass is 10.1. The number of nitrogens with zero attached hydrogens (tertiary/aromatic N) is 1. The Balaban J connectivity index is 1.40. The molecule has 5 heteroatoms. The summed E-state index contributed by atoms with van der Waals surface area (Å²) in [6, 6.07) is 15.6. The first-order chi connectivity index (χ1) is 13.2. The molecule has 1 aliphatic carbocycles. The highest BCUT2D eigenvalue weighted by molar-refractivity contribution is 5.79. The zero-order valence-electron chi connectivity index (χ0n) is 15.9. The summed E-state index contributed by atoms with van der Waals surface area (Å²) in [4.78, 5) is 4.29. The van der Waals surface area contributed by atoms with Crippen molar-refractivity contribution in [3.63, 3.8) is 0 Å². The lowest BCUT2D eigenvalue weighted by molar-refractivity contribution is 0.296. The Hall–Kier alpha value is -2.69. The molecule has 144 valence electrons. The maximum atomic E-state index is 9.32. The Kier molecular flexibility index (Phi) is 6.97. The van der Waals surface area contributed by atoms with E-state index in [1.165, 1.54) is 18.4 Å². The fourth-order valence-corrected chi connectivity index (χ4v) is 2.84. The van der Waals surface area contributed by atoms with Gasteiger partial charge < -0.3 is 20.5 Å². The van der Waals surface area contributed by atoms with Gasteiger partial charge >= 0.3 is 0 Å². The number of rotatable bonds is 9. The normalized spacial score (nSPS) is 14.0. The lowest BCUT2D eigenvalue weighted by Crippen LogP contribution is -2.37. The number of aromatic hydroxyl groups is 1. The van der Waals surface area contributed by atoms with Gasteiger partial charge in [0, 0.05) is 25.7 Å². The molecule has 2 aromatic rings. The van der Waals surface area contributed by atoms with Crippen LogP contribution >= 0.6 is 0 Å². The van der Waals surface area contributed by atoms with Gasteiger partial charge in [0.25, 0.3) is 0 Å². The lowest BCUT2D eigenvalue weighted by Gasteiger charge is -2.15. The number of aliphatic imine (C=N–C) groups is 1. The van der Waals surface area contributed by atoms with Gasteiger partial charge in [-0.3, -0.25) is 4.99 Å². The number of para-hydroxylation sites is 1. The zero-order valence-corrected chi connectivity index (χ0v) is 15.9. The molecule has 27 heavy (non-hydrogen) atoms. The Morgan fingerprint density at radius 3 is 2.63 bits per heavy atom. The number of hydrogen-bond donors (Lipinski definition) is 3. The summed E-state index contributed by atoms with van der Waals surface area (Å²) < 4.78 is 5.96. The third-order valence-electron chi connectivity index (χ3n) is 4.68. The van der Waals surface area contributed by atoms with E-state index >= 15 is 0 Å². The fraction of sp³-hybridized carbons (Fsp3) is 0.409. The third-order valence-corrected chi connectivity index (χ3v) is 4.68. The molecule has 0 radical (unpaired) electrons. The van der Waals surface area contributed by atoms with Gasteiger partial charge in [-0.05, 0) is 55.4 Å². The Bertz CT molecular complexity index is 739. The number of nitrogens with one attached hydrogen (secondary N) is 2. The van der Waals surface area contributed by atoms with Gasteiger partial charge in [-0.2, -0.15) is 0 Å². The average molecular weight is 367 g/mol. The minimum absolute atomic E-state index is 0.308. The molecule has 1 fully saturated rings. The van der Waals surface area contributed by atoms with Crippen molar-refractivity contribution in [1.82, 2.24) is 10.6 Å². The molecular weight excluding hydrogens is 338 g/mol. The standard InChI is InChI=1S/C22H29N3O2/c1-23-22(24-14-4-5-17-10-12-20(26)13-11-17)25-15-19-6-2-3-7-21(19)27-16-18-8-9-18/h2-3,6-7,10-13,18,26H,4-5,8-9,14-16H2,1H3,(H2,23,24,25). The van der Waals surface area contributed by atoms with E-state index in [1.807, 2.05) is 30.3 Å². The molecule has 1 aliphatic rings. The molecule has 0 unspecified atom stereocenters. The molecule has 0 saturated heterocycles. The van der Waals surface area contributed by atoms with E-state index in [9.17, 15) is 5.11 Å². The number of hydrogen-bond acceptors (Lipinski definition) is 3. The van der Waals surface area contributed by atoms with Crippen molar-refractivity contribution in [3.05, 3.63) is 59.7 Å². The first-order valence-corrected chi connectivity index (χ1v) is 9.67. The van der Waals surface area contributed by atoms with Crippen molar-refractivity contribution in [2.24, 2.45) is 10.9 Å². The van der Waals surface area contributed by atoms with Gasteiger partial charge in [0.2, 0.25) is 0 Å². The molecule has 3 N–H and O–H groups in total. The summed E-state index contributed by atoms with van der Waals surface area (Å²) >= 11 is 0. The van der Waals surface area contributed by atoms with Crippen LogP contribution in [0, 0.1) is 5.92 Å². The smallest absolute Gasteiger partial charge is 0.191 e. The summed E-state index contributed by atoms with van der Waals surface area (Å²) in [6.45, 7) is 2.33. The number of phenols is 1. The average Bonchev–Trinajstić information content (AvgIpc) is 3.52. The van der Waals surface area contributed by atoms with Crippen LogP contribution in [0.4, 0.5) is 0 Å². The summed E-state index contributed by atoms with van der Waals surface area (Å²) in [6.07, 6.45) is 4.54. The minimum Gasteiger partial charge on any atom is -0.508 e. The van der Waals surface area contributed by atoms with E-state index in [1.54, 1.807) is 19.2 Å². The van der Waals surface area contributed by atoms with E-state index in [4.69, 9.17) is 4.74 Å². The van der Waals surface area contributed by atoms with Gasteiger partial charge in [0.15, 0.2) is 5.96 Å². The number of guanidine groups is 1. The molecule has 0 aliphatic heterocycles. The second-order valence-electron chi connectivity index (χ2n) is 6.98. The number of aryl methyl sites for hydroxylation is 1. The van der Waals surface area contributed by atoms with Crippen LogP contribution < -0.4 is 15.4 Å². The van der Waals surface area contributed by atoms with Crippen LogP contribution in [0.1, 0.15) is 30.4 Å². The molecule has 0 bridgehead atoms. The van der Waals surface area contributed by atoms with Gasteiger partial charge in [0.05, 0.1) is 6.61 Å². The quantitative estimate of drug-likeness (QED) is 0.361. The summed E-state index contributed by atoms with van der Waals surface area (Å²) in [5.74, 6) is 2.80. The van der Waals surface area contributed by atoms with E-state index in [2.05, 4.69) is 21.7 Å². The van der Waals surface area contributed by atoms with Crippen LogP contribution in [0.3, 0.4) is 0 Å². The van der Waals surface area contributed by atoms with Gasteiger partial charge in [-0.15, -0.1) is 0 Å². The number of phenolic OH excluding ortho intramolecular Hbond substituents is 1. The number of benzene rings is 2. The van der Waals surface area contributed by atoms with Crippen LogP contribution in [-0.2, 0) is 13.0 Å². The summed E-state index contributed by atoms with van der Waals surface area (Å²) in [7, 11) is 1.78. The zero-order chi connectivity index (χ0) is 18.9. The predicted molar refractivity (Wildman–Crippen MR) is 109 cm³/mol. The van der Waals surface area contributed by atoms with Gasteiger partial charge in [-0.25, -0.2) is 0 Å². The highest BCUT2D eigenvalue weighted by atomic mass is 16.5. The SMILES string of the molecule is CN=C(NCCCc1ccc(O)cc1)NCc1ccccc1OCC1CC1. The Labute approximate surface area is 161 Å². The molecule has 5 nitrogen and oxygen atoms in total. The van der Waals surface area contributed by atoms with E-state index in [-0.39, 0.29) is 0 Å². The van der Waals surface area contributed by atoms with E-state index in [0.29, 0.717) is 12.3 Å². The van der Waals surface area contributed by atoms with Crippen molar-refractivity contribution < 1.29 is 9.84 Å². The number of ether oxygens (including phenoxy) is 1. The highest BCUT2D eigenvalue weighted by Gasteiger charge is 2.22. The van der Waals surface area contributed by atoms with E-state index in [0.717, 1.165) is 49.2 Å². The Morgan fingerprint density at radius 1 is 1.11 bits per heavy atom. The van der Waals surface area contributed by atoms with Crippen LogP contribution in [0.5, 0.6) is 11.5 Å². The monoisotopic (exact) mass is 367 g/mol. The van der Waals surface area contributed by atoms with Gasteiger partial charge in [-0.1, -0.05) is 30.3 Å². The second-order valence-corrected chi connectivity index (χ2v) is 6.98. The maximum absolute atomic E-state index is 9.32. The summed E-state index contributed by atoms with van der Waals surface area (Å²) in [5, 5.41) is 16.0. The fourth-order valence-electron chi connectivity index (χ4n) is 2.84. The van der Waals surface area contributed by atoms with Crippen molar-refractivity contribution in [2.45, 2.75) is 32.2 Å². The molecule has 0 atom stereocenters. The molecular formula is C22H29N3O2. The van der Waals surface area contributed by atoms with Crippen molar-refractivity contribution >= 4 is 5.96 Å². The summed E-state index contributed by atoms with van der Waals surface area (Å²) in [5.41, 5.74) is 2.37. The van der Waals surface area contributed by atoms with E-state index < -0.39 is 0 Å². The van der Waals surface area contributed by atoms with Crippen LogP contribution in [0.2, 0.25) is 0 Å². The van der Waals surface area contributed by atoms with Crippen molar-refractivity contribution in [3.8, 4) is 11.5 Å². The van der Waals surface area contributed by atoms with Gasteiger partial charge in [0.1, 0.15) is 11.5 Å². The molecule has 0 spiro atoms. The topological polar surface area (TPSA) is 65.9 Å². The molecule has 0 aromatic heterocycles. The van der Waals surface area contributed by atoms with Crippen LogP contribution in [-0.4, -0.2) is 31.3 Å². The van der Waals surface area contributed by atoms with Crippen molar-refractivity contribution in [1.29, 1.82) is 0 Å². The highest BCUT2D eigenvalue weighted by Crippen LogP contribution is 2.30. The minimum atomic E-state index is 0.308. The Morgan fingerprint density at radius 2 is 1.89 bits per heavy atom. The molecule has 1 saturated carbocycles. The molecule has 3 rings (SSSR count). The van der Waals surface area contributed by atoms with Crippen LogP contribution in [0.15, 0.2) is 53.5 Å². The largest absolute Gasteiger partial charge is 0.508 e. The third kappa shape index (κ3) is 6.51. The maximum Gasteiger partial charge on any atom is 0.191 e. The second kappa shape index (κ2) is 9.86.